The van der Waals surface area contributed by atoms with Crippen LogP contribution in [0.3, 0.4) is 0 Å². The summed E-state index contributed by atoms with van der Waals surface area (Å²) in [5, 5.41) is 11.7. The van der Waals surface area contributed by atoms with Crippen LogP contribution in [0.15, 0.2) is 48.2 Å². The number of hydrogen-bond acceptors (Lipinski definition) is 5. The number of allylic oxidation sites excluding steroid dienone is 1. The van der Waals surface area contributed by atoms with Crippen LogP contribution in [-0.2, 0) is 6.42 Å². The third-order valence-electron chi connectivity index (χ3n) is 5.97. The zero-order chi connectivity index (χ0) is 19.0. The Hall–Kier alpha value is -2.43. The number of anilines is 2. The predicted molar refractivity (Wildman–Crippen MR) is 115 cm³/mol. The number of benzene rings is 1. The molecule has 1 N–H and O–H groups in total. The van der Waals surface area contributed by atoms with Gasteiger partial charge in [0.2, 0.25) is 5.95 Å². The van der Waals surface area contributed by atoms with Gasteiger partial charge in [0.25, 0.3) is 0 Å². The van der Waals surface area contributed by atoms with E-state index in [4.69, 9.17) is 4.98 Å². The SMILES string of the molecule is C1=C(CCNc2nncc(N3CCC(Cc4ccccc4)CC3)n2)CCCC1. The van der Waals surface area contributed by atoms with E-state index in [0.29, 0.717) is 5.95 Å². The summed E-state index contributed by atoms with van der Waals surface area (Å²) in [6, 6.07) is 10.8. The second kappa shape index (κ2) is 9.67. The van der Waals surface area contributed by atoms with Crippen LogP contribution in [0.5, 0.6) is 0 Å². The maximum Gasteiger partial charge on any atom is 0.244 e. The zero-order valence-corrected chi connectivity index (χ0v) is 16.7. The lowest BCUT2D eigenvalue weighted by Gasteiger charge is -2.32. The number of piperidine rings is 1. The van der Waals surface area contributed by atoms with Crippen LogP contribution in [0.1, 0.15) is 50.5 Å². The summed E-state index contributed by atoms with van der Waals surface area (Å²) in [5.41, 5.74) is 3.02. The van der Waals surface area contributed by atoms with Gasteiger partial charge in [-0.15, -0.1) is 5.10 Å². The van der Waals surface area contributed by atoms with Crippen molar-refractivity contribution < 1.29 is 0 Å². The van der Waals surface area contributed by atoms with Gasteiger partial charge in [-0.3, -0.25) is 0 Å². The fourth-order valence-corrected chi connectivity index (χ4v) is 4.30. The molecule has 2 heterocycles. The molecule has 1 aliphatic carbocycles. The van der Waals surface area contributed by atoms with E-state index in [1.165, 1.54) is 50.5 Å². The molecule has 4 rings (SSSR count). The molecular formula is C23H31N5. The molecule has 5 heteroatoms. The number of aromatic nitrogens is 3. The average Bonchev–Trinajstić information content (AvgIpc) is 2.76. The average molecular weight is 378 g/mol. The van der Waals surface area contributed by atoms with Crippen molar-refractivity contribution >= 4 is 11.8 Å². The molecule has 0 amide bonds. The predicted octanol–water partition coefficient (Wildman–Crippen LogP) is 4.63. The Bertz CT molecular complexity index is 766. The van der Waals surface area contributed by atoms with Crippen molar-refractivity contribution in [3.05, 3.63) is 53.7 Å². The highest BCUT2D eigenvalue weighted by molar-refractivity contribution is 5.40. The summed E-state index contributed by atoms with van der Waals surface area (Å²) >= 11 is 0. The first-order chi connectivity index (χ1) is 13.9. The Labute approximate surface area is 168 Å². The Morgan fingerprint density at radius 1 is 1.07 bits per heavy atom. The first-order valence-corrected chi connectivity index (χ1v) is 10.8. The molecule has 1 aromatic carbocycles. The molecule has 0 unspecified atom stereocenters. The first kappa shape index (κ1) is 18.9. The second-order valence-electron chi connectivity index (χ2n) is 8.04. The van der Waals surface area contributed by atoms with Crippen molar-refractivity contribution in [2.24, 2.45) is 5.92 Å². The van der Waals surface area contributed by atoms with Gasteiger partial charge in [0.15, 0.2) is 5.82 Å². The summed E-state index contributed by atoms with van der Waals surface area (Å²) in [6.07, 6.45) is 14.0. The monoisotopic (exact) mass is 377 g/mol. The number of rotatable bonds is 7. The van der Waals surface area contributed by atoms with Crippen LogP contribution < -0.4 is 10.2 Å². The minimum Gasteiger partial charge on any atom is -0.355 e. The van der Waals surface area contributed by atoms with Crippen molar-refractivity contribution in [1.82, 2.24) is 15.2 Å². The van der Waals surface area contributed by atoms with Gasteiger partial charge in [-0.05, 0) is 62.8 Å². The second-order valence-corrected chi connectivity index (χ2v) is 8.04. The van der Waals surface area contributed by atoms with E-state index < -0.39 is 0 Å². The standard InChI is InChI=1S/C23H31N5/c1-3-7-19(8-4-1)11-14-24-23-26-22(18-25-27-23)28-15-12-21(13-16-28)17-20-9-5-2-6-10-20/h2,5-7,9-10,18,21H,1,3-4,8,11-17H2,(H,24,26,27). The lowest BCUT2D eigenvalue weighted by molar-refractivity contribution is 0.402. The first-order valence-electron chi connectivity index (χ1n) is 10.8. The van der Waals surface area contributed by atoms with E-state index in [0.717, 1.165) is 37.8 Å². The maximum atomic E-state index is 4.71. The quantitative estimate of drug-likeness (QED) is 0.713. The normalized spacial score (nSPS) is 18.0. The third kappa shape index (κ3) is 5.31. The summed E-state index contributed by atoms with van der Waals surface area (Å²) in [6.45, 7) is 2.97. The van der Waals surface area contributed by atoms with Crippen LogP contribution in [0.2, 0.25) is 0 Å². The summed E-state index contributed by atoms with van der Waals surface area (Å²) in [4.78, 5) is 7.06. The summed E-state index contributed by atoms with van der Waals surface area (Å²) in [5.74, 6) is 2.36. The molecule has 0 atom stereocenters. The van der Waals surface area contributed by atoms with Gasteiger partial charge < -0.3 is 10.2 Å². The summed E-state index contributed by atoms with van der Waals surface area (Å²) < 4.78 is 0. The van der Waals surface area contributed by atoms with Crippen LogP contribution in [0.4, 0.5) is 11.8 Å². The molecule has 0 spiro atoms. The molecule has 148 valence electrons. The third-order valence-corrected chi connectivity index (χ3v) is 5.97. The molecule has 1 aliphatic heterocycles. The Kier molecular flexibility index (Phi) is 6.53. The topological polar surface area (TPSA) is 53.9 Å². The van der Waals surface area contributed by atoms with Crippen molar-refractivity contribution in [3.8, 4) is 0 Å². The van der Waals surface area contributed by atoms with E-state index in [2.05, 4.69) is 56.8 Å². The molecule has 2 aliphatic rings. The molecule has 0 radical (unpaired) electrons. The fraction of sp³-hybridized carbons (Fsp3) is 0.522. The maximum absolute atomic E-state index is 4.71. The van der Waals surface area contributed by atoms with Gasteiger partial charge in [0.05, 0.1) is 6.20 Å². The van der Waals surface area contributed by atoms with Crippen molar-refractivity contribution in [1.29, 1.82) is 0 Å². The summed E-state index contributed by atoms with van der Waals surface area (Å²) in [7, 11) is 0. The molecule has 1 aromatic heterocycles. The van der Waals surface area contributed by atoms with Crippen molar-refractivity contribution in [2.45, 2.75) is 51.4 Å². The highest BCUT2D eigenvalue weighted by Gasteiger charge is 2.21. The Morgan fingerprint density at radius 2 is 1.93 bits per heavy atom. The van der Waals surface area contributed by atoms with E-state index in [1.54, 1.807) is 11.8 Å². The van der Waals surface area contributed by atoms with E-state index in [9.17, 15) is 0 Å². The lowest BCUT2D eigenvalue weighted by atomic mass is 9.90. The molecule has 28 heavy (non-hydrogen) atoms. The van der Waals surface area contributed by atoms with Gasteiger partial charge in [-0.2, -0.15) is 10.1 Å². The smallest absolute Gasteiger partial charge is 0.244 e. The van der Waals surface area contributed by atoms with Gasteiger partial charge >= 0.3 is 0 Å². The zero-order valence-electron chi connectivity index (χ0n) is 16.7. The lowest BCUT2D eigenvalue weighted by Crippen LogP contribution is -2.35. The van der Waals surface area contributed by atoms with Crippen LogP contribution >= 0.6 is 0 Å². The number of nitrogens with one attached hydrogen (secondary N) is 1. The van der Waals surface area contributed by atoms with Gasteiger partial charge in [0, 0.05) is 19.6 Å². The van der Waals surface area contributed by atoms with E-state index >= 15 is 0 Å². The molecule has 5 nitrogen and oxygen atoms in total. The number of hydrogen-bond donors (Lipinski definition) is 1. The van der Waals surface area contributed by atoms with Gasteiger partial charge in [-0.25, -0.2) is 0 Å². The van der Waals surface area contributed by atoms with Gasteiger partial charge in [-0.1, -0.05) is 42.0 Å². The highest BCUT2D eigenvalue weighted by atomic mass is 15.3. The molecule has 0 saturated carbocycles. The molecule has 0 bridgehead atoms. The van der Waals surface area contributed by atoms with Gasteiger partial charge in [0.1, 0.15) is 0 Å². The van der Waals surface area contributed by atoms with E-state index in [1.807, 2.05) is 0 Å². The van der Waals surface area contributed by atoms with Crippen LogP contribution in [-0.4, -0.2) is 34.8 Å². The van der Waals surface area contributed by atoms with Crippen LogP contribution in [0, 0.1) is 5.92 Å². The highest BCUT2D eigenvalue weighted by Crippen LogP contribution is 2.25. The molecule has 2 aromatic rings. The van der Waals surface area contributed by atoms with Crippen molar-refractivity contribution in [2.75, 3.05) is 29.9 Å². The molecular weight excluding hydrogens is 346 g/mol. The van der Waals surface area contributed by atoms with Crippen molar-refractivity contribution in [3.63, 3.8) is 0 Å². The van der Waals surface area contributed by atoms with E-state index in [-0.39, 0.29) is 0 Å². The Morgan fingerprint density at radius 3 is 2.71 bits per heavy atom. The fourth-order valence-electron chi connectivity index (χ4n) is 4.30. The minimum atomic E-state index is 0.653. The number of nitrogens with zero attached hydrogens (tertiary/aromatic N) is 4. The van der Waals surface area contributed by atoms with Crippen LogP contribution in [0.25, 0.3) is 0 Å². The largest absolute Gasteiger partial charge is 0.355 e. The Balaban J connectivity index is 1.25. The molecule has 1 saturated heterocycles. The molecule has 1 fully saturated rings. The minimum absolute atomic E-state index is 0.653.